The Bertz CT molecular complexity index is 528. The highest BCUT2D eigenvalue weighted by molar-refractivity contribution is 14.1. The van der Waals surface area contributed by atoms with E-state index in [0.717, 1.165) is 0 Å². The first kappa shape index (κ1) is 11.1. The minimum absolute atomic E-state index is 0.134. The maximum Gasteiger partial charge on any atom is 0.341 e. The molecule has 0 atom stereocenters. The molecule has 0 aliphatic heterocycles. The van der Waals surface area contributed by atoms with Gasteiger partial charge in [-0.15, -0.1) is 5.10 Å². The number of nitrogens with zero attached hydrogens (tertiary/aromatic N) is 3. The summed E-state index contributed by atoms with van der Waals surface area (Å²) in [5, 5.41) is 3.90. The maximum absolute atomic E-state index is 13.3. The van der Waals surface area contributed by atoms with Crippen LogP contribution in [0.25, 0.3) is 0 Å². The predicted molar refractivity (Wildman–Crippen MR) is 64.6 cm³/mol. The van der Waals surface area contributed by atoms with E-state index in [-0.39, 0.29) is 17.6 Å². The highest BCUT2D eigenvalue weighted by Gasteiger charge is 2.09. The molecule has 0 saturated heterocycles. The molecule has 84 valence electrons. The third kappa shape index (κ3) is 2.23. The molecule has 2 N–H and O–H groups in total. The van der Waals surface area contributed by atoms with Gasteiger partial charge in [0.15, 0.2) is 5.75 Å². The summed E-state index contributed by atoms with van der Waals surface area (Å²) in [6.07, 6.45) is 1.48. The van der Waals surface area contributed by atoms with E-state index >= 15 is 0 Å². The SMILES string of the molecule is Cn1cnc(Oc2cc(F)c(I)cc2N)n1. The Morgan fingerprint density at radius 2 is 2.25 bits per heavy atom. The normalized spacial score (nSPS) is 10.4. The van der Waals surface area contributed by atoms with Gasteiger partial charge in [0.2, 0.25) is 0 Å². The Morgan fingerprint density at radius 1 is 1.50 bits per heavy atom. The molecular formula is C9H8FIN4O. The molecule has 0 spiro atoms. The van der Waals surface area contributed by atoms with Crippen LogP contribution < -0.4 is 10.5 Å². The van der Waals surface area contributed by atoms with Gasteiger partial charge in [0, 0.05) is 13.1 Å². The Labute approximate surface area is 105 Å². The van der Waals surface area contributed by atoms with Crippen molar-refractivity contribution in [1.82, 2.24) is 14.8 Å². The number of rotatable bonds is 2. The summed E-state index contributed by atoms with van der Waals surface area (Å²) in [7, 11) is 1.71. The number of anilines is 1. The number of ether oxygens (including phenoxy) is 1. The number of benzene rings is 1. The maximum atomic E-state index is 13.3. The number of hydrogen-bond acceptors (Lipinski definition) is 4. The van der Waals surface area contributed by atoms with Gasteiger partial charge in [0.25, 0.3) is 0 Å². The molecule has 0 radical (unpaired) electrons. The van der Waals surface area contributed by atoms with Crippen molar-refractivity contribution in [3.8, 4) is 11.8 Å². The average molecular weight is 334 g/mol. The summed E-state index contributed by atoms with van der Waals surface area (Å²) in [6.45, 7) is 0. The molecule has 0 fully saturated rings. The van der Waals surface area contributed by atoms with Crippen LogP contribution in [0.5, 0.6) is 11.8 Å². The molecule has 0 bridgehead atoms. The molecule has 0 aliphatic carbocycles. The van der Waals surface area contributed by atoms with E-state index in [4.69, 9.17) is 10.5 Å². The molecule has 0 aliphatic rings. The van der Waals surface area contributed by atoms with Crippen molar-refractivity contribution in [3.05, 3.63) is 27.8 Å². The number of aromatic nitrogens is 3. The van der Waals surface area contributed by atoms with Crippen molar-refractivity contribution in [1.29, 1.82) is 0 Å². The lowest BCUT2D eigenvalue weighted by Crippen LogP contribution is -1.96. The fraction of sp³-hybridized carbons (Fsp3) is 0.111. The van der Waals surface area contributed by atoms with Crippen molar-refractivity contribution >= 4 is 28.3 Å². The summed E-state index contributed by atoms with van der Waals surface area (Å²) in [5.41, 5.74) is 6.03. The fourth-order valence-corrected chi connectivity index (χ4v) is 1.59. The van der Waals surface area contributed by atoms with E-state index in [1.54, 1.807) is 7.05 Å². The van der Waals surface area contributed by atoms with Gasteiger partial charge in [-0.2, -0.15) is 4.98 Å². The van der Waals surface area contributed by atoms with E-state index in [0.29, 0.717) is 9.26 Å². The third-order valence-electron chi connectivity index (χ3n) is 1.83. The first-order valence-corrected chi connectivity index (χ1v) is 5.42. The smallest absolute Gasteiger partial charge is 0.341 e. The molecule has 1 heterocycles. The zero-order valence-corrected chi connectivity index (χ0v) is 10.5. The van der Waals surface area contributed by atoms with Gasteiger partial charge in [-0.25, -0.2) is 4.39 Å². The van der Waals surface area contributed by atoms with E-state index in [1.165, 1.54) is 23.1 Å². The standard InChI is InChI=1S/C9H8FIN4O/c1-15-4-13-9(14-15)16-8-2-5(10)6(11)3-7(8)12/h2-4H,12H2,1H3. The number of halogens is 2. The molecule has 2 rings (SSSR count). The second kappa shape index (κ2) is 4.24. The lowest BCUT2D eigenvalue weighted by atomic mass is 10.3. The minimum Gasteiger partial charge on any atom is -0.421 e. The highest BCUT2D eigenvalue weighted by atomic mass is 127. The zero-order chi connectivity index (χ0) is 11.7. The summed E-state index contributed by atoms with van der Waals surface area (Å²) in [6, 6.07) is 2.84. The van der Waals surface area contributed by atoms with E-state index in [9.17, 15) is 4.39 Å². The van der Waals surface area contributed by atoms with Crippen LogP contribution in [0.2, 0.25) is 0 Å². The highest BCUT2D eigenvalue weighted by Crippen LogP contribution is 2.28. The quantitative estimate of drug-likeness (QED) is 0.673. The lowest BCUT2D eigenvalue weighted by molar-refractivity contribution is 0.437. The van der Waals surface area contributed by atoms with Crippen molar-refractivity contribution in [2.24, 2.45) is 7.05 Å². The molecule has 0 saturated carbocycles. The summed E-state index contributed by atoms with van der Waals surface area (Å²) >= 11 is 1.86. The van der Waals surface area contributed by atoms with Crippen LogP contribution >= 0.6 is 22.6 Å². The second-order valence-corrected chi connectivity index (χ2v) is 4.27. The van der Waals surface area contributed by atoms with Crippen molar-refractivity contribution in [2.75, 3.05) is 5.73 Å². The molecule has 7 heteroatoms. The van der Waals surface area contributed by atoms with Gasteiger partial charge in [-0.05, 0) is 28.7 Å². The number of aryl methyl sites for hydroxylation is 1. The van der Waals surface area contributed by atoms with Crippen LogP contribution in [0.1, 0.15) is 0 Å². The molecule has 1 aromatic heterocycles. The Balaban J connectivity index is 2.31. The third-order valence-corrected chi connectivity index (χ3v) is 2.66. The Kier molecular flexibility index (Phi) is 2.95. The summed E-state index contributed by atoms with van der Waals surface area (Å²) in [5.74, 6) is -0.176. The van der Waals surface area contributed by atoms with Gasteiger partial charge < -0.3 is 10.5 Å². The average Bonchev–Trinajstić information content (AvgIpc) is 2.60. The van der Waals surface area contributed by atoms with Crippen molar-refractivity contribution in [3.63, 3.8) is 0 Å². The number of nitrogen functional groups attached to an aromatic ring is 1. The molecule has 0 unspecified atom stereocenters. The van der Waals surface area contributed by atoms with E-state index in [1.807, 2.05) is 22.6 Å². The van der Waals surface area contributed by atoms with Crippen LogP contribution in [0.15, 0.2) is 18.5 Å². The van der Waals surface area contributed by atoms with Gasteiger partial charge >= 0.3 is 6.01 Å². The summed E-state index contributed by atoms with van der Waals surface area (Å²) in [4.78, 5) is 3.85. The van der Waals surface area contributed by atoms with Crippen molar-refractivity contribution < 1.29 is 9.13 Å². The number of nitrogens with two attached hydrogens (primary N) is 1. The first-order valence-electron chi connectivity index (χ1n) is 4.34. The second-order valence-electron chi connectivity index (χ2n) is 3.11. The minimum atomic E-state index is -0.388. The topological polar surface area (TPSA) is 66.0 Å². The van der Waals surface area contributed by atoms with Gasteiger partial charge in [0.05, 0.1) is 9.26 Å². The Hall–Kier alpha value is -1.38. The molecule has 0 amide bonds. The van der Waals surface area contributed by atoms with E-state index < -0.39 is 0 Å². The van der Waals surface area contributed by atoms with Gasteiger partial charge in [-0.1, -0.05) is 0 Å². The van der Waals surface area contributed by atoms with Gasteiger partial charge in [-0.3, -0.25) is 4.68 Å². The molecule has 2 aromatic rings. The van der Waals surface area contributed by atoms with Crippen LogP contribution in [0.3, 0.4) is 0 Å². The zero-order valence-electron chi connectivity index (χ0n) is 8.32. The predicted octanol–water partition coefficient (Wildman–Crippen LogP) is 1.93. The molecular weight excluding hydrogens is 326 g/mol. The monoisotopic (exact) mass is 334 g/mol. The fourth-order valence-electron chi connectivity index (χ4n) is 1.10. The number of hydrogen-bond donors (Lipinski definition) is 1. The van der Waals surface area contributed by atoms with Crippen molar-refractivity contribution in [2.45, 2.75) is 0 Å². The molecule has 5 nitrogen and oxygen atoms in total. The summed E-state index contributed by atoms with van der Waals surface area (Å²) < 4.78 is 20.5. The Morgan fingerprint density at radius 3 is 2.88 bits per heavy atom. The largest absolute Gasteiger partial charge is 0.421 e. The molecule has 1 aromatic carbocycles. The van der Waals surface area contributed by atoms with Crippen LogP contribution in [0.4, 0.5) is 10.1 Å². The van der Waals surface area contributed by atoms with E-state index in [2.05, 4.69) is 10.1 Å². The lowest BCUT2D eigenvalue weighted by Gasteiger charge is -2.05. The van der Waals surface area contributed by atoms with Crippen LogP contribution in [-0.2, 0) is 7.05 Å². The van der Waals surface area contributed by atoms with Crippen LogP contribution in [-0.4, -0.2) is 14.8 Å². The van der Waals surface area contributed by atoms with Gasteiger partial charge in [0.1, 0.15) is 12.1 Å². The molecule has 16 heavy (non-hydrogen) atoms. The first-order chi connectivity index (χ1) is 7.56. The van der Waals surface area contributed by atoms with Crippen LogP contribution in [0, 0.1) is 9.39 Å².